The van der Waals surface area contributed by atoms with E-state index in [0.29, 0.717) is 0 Å². The first-order valence-electron chi connectivity index (χ1n) is 5.76. The number of rotatable bonds is 4. The third-order valence-electron chi connectivity index (χ3n) is 2.95. The second-order valence-corrected chi connectivity index (χ2v) is 4.11. The molecule has 1 aromatic carbocycles. The number of pyridine rings is 1. The van der Waals surface area contributed by atoms with Crippen LogP contribution in [-0.4, -0.2) is 29.1 Å². The predicted octanol–water partition coefficient (Wildman–Crippen LogP) is 1.65. The van der Waals surface area contributed by atoms with Crippen LogP contribution in [-0.2, 0) is 20.7 Å². The second kappa shape index (κ2) is 5.48. The number of hydrogen-bond donors (Lipinski definition) is 1. The van der Waals surface area contributed by atoms with Crippen molar-refractivity contribution in [3.05, 3.63) is 42.1 Å². The SMILES string of the molecule is COC(=O)C(Cc1ccnc2ccccc12)C(=O)O. The summed E-state index contributed by atoms with van der Waals surface area (Å²) in [6, 6.07) is 9.12. The molecule has 1 unspecified atom stereocenters. The first-order chi connectivity index (χ1) is 9.13. The molecular weight excluding hydrogens is 246 g/mol. The first kappa shape index (κ1) is 13.0. The Balaban J connectivity index is 2.39. The lowest BCUT2D eigenvalue weighted by molar-refractivity contribution is -0.156. The molecule has 98 valence electrons. The van der Waals surface area contributed by atoms with Crippen molar-refractivity contribution in [1.82, 2.24) is 4.98 Å². The predicted molar refractivity (Wildman–Crippen MR) is 68.6 cm³/mol. The van der Waals surface area contributed by atoms with Gasteiger partial charge in [0.2, 0.25) is 0 Å². The Kier molecular flexibility index (Phi) is 3.75. The highest BCUT2D eigenvalue weighted by molar-refractivity contribution is 5.95. The molecule has 0 saturated carbocycles. The number of nitrogens with zero attached hydrogens (tertiary/aromatic N) is 1. The fourth-order valence-electron chi connectivity index (χ4n) is 1.97. The van der Waals surface area contributed by atoms with Gasteiger partial charge in [-0.2, -0.15) is 0 Å². The molecule has 1 N–H and O–H groups in total. The standard InChI is InChI=1S/C14H13NO4/c1-19-14(18)11(13(16)17)8-9-6-7-15-12-5-3-2-4-10(9)12/h2-7,11H,8H2,1H3,(H,16,17). The number of hydrogen-bond acceptors (Lipinski definition) is 4. The summed E-state index contributed by atoms with van der Waals surface area (Å²) in [7, 11) is 1.18. The van der Waals surface area contributed by atoms with Crippen molar-refractivity contribution in [1.29, 1.82) is 0 Å². The number of carbonyl (C=O) groups excluding carboxylic acids is 1. The van der Waals surface area contributed by atoms with Gasteiger partial charge >= 0.3 is 11.9 Å². The minimum absolute atomic E-state index is 0.0883. The normalized spacial score (nSPS) is 12.1. The van der Waals surface area contributed by atoms with E-state index in [1.54, 1.807) is 12.3 Å². The third-order valence-corrected chi connectivity index (χ3v) is 2.95. The quantitative estimate of drug-likeness (QED) is 0.667. The Hall–Kier alpha value is -2.43. The van der Waals surface area contributed by atoms with Gasteiger partial charge in [-0.15, -0.1) is 0 Å². The molecule has 2 rings (SSSR count). The van der Waals surface area contributed by atoms with Crippen LogP contribution < -0.4 is 0 Å². The second-order valence-electron chi connectivity index (χ2n) is 4.11. The monoisotopic (exact) mass is 259 g/mol. The molecule has 0 radical (unpaired) electrons. The number of methoxy groups -OCH3 is 1. The molecule has 0 fully saturated rings. The van der Waals surface area contributed by atoms with E-state index in [2.05, 4.69) is 9.72 Å². The Bertz CT molecular complexity index is 618. The van der Waals surface area contributed by atoms with Crippen molar-refractivity contribution in [2.75, 3.05) is 7.11 Å². The average Bonchev–Trinajstić information content (AvgIpc) is 2.43. The molecule has 0 bridgehead atoms. The molecule has 5 nitrogen and oxygen atoms in total. The third kappa shape index (κ3) is 2.70. The molecule has 1 aromatic heterocycles. The van der Waals surface area contributed by atoms with Crippen LogP contribution >= 0.6 is 0 Å². The van der Waals surface area contributed by atoms with Gasteiger partial charge in [0.1, 0.15) is 0 Å². The zero-order valence-corrected chi connectivity index (χ0v) is 10.4. The van der Waals surface area contributed by atoms with Crippen molar-refractivity contribution in [2.24, 2.45) is 5.92 Å². The molecule has 1 heterocycles. The summed E-state index contributed by atoms with van der Waals surface area (Å²) in [5, 5.41) is 9.94. The lowest BCUT2D eigenvalue weighted by Gasteiger charge is -2.11. The fourth-order valence-corrected chi connectivity index (χ4v) is 1.97. The smallest absolute Gasteiger partial charge is 0.320 e. The molecule has 0 aliphatic carbocycles. The van der Waals surface area contributed by atoms with Crippen LogP contribution in [0.25, 0.3) is 10.9 Å². The maximum absolute atomic E-state index is 11.5. The fraction of sp³-hybridized carbons (Fsp3) is 0.214. The van der Waals surface area contributed by atoms with Crippen LogP contribution in [0.1, 0.15) is 5.56 Å². The van der Waals surface area contributed by atoms with Crippen molar-refractivity contribution < 1.29 is 19.4 Å². The van der Waals surface area contributed by atoms with Crippen LogP contribution in [0.3, 0.4) is 0 Å². The largest absolute Gasteiger partial charge is 0.481 e. The van der Waals surface area contributed by atoms with Gasteiger partial charge in [-0.05, 0) is 24.1 Å². The Morgan fingerprint density at radius 3 is 2.74 bits per heavy atom. The average molecular weight is 259 g/mol. The van der Waals surface area contributed by atoms with E-state index in [1.165, 1.54) is 7.11 Å². The summed E-state index contributed by atoms with van der Waals surface area (Å²) in [6.45, 7) is 0. The summed E-state index contributed by atoms with van der Waals surface area (Å²) in [5.41, 5.74) is 1.54. The van der Waals surface area contributed by atoms with Gasteiger partial charge < -0.3 is 9.84 Å². The first-order valence-corrected chi connectivity index (χ1v) is 5.76. The van der Waals surface area contributed by atoms with Crippen LogP contribution in [0.5, 0.6) is 0 Å². The van der Waals surface area contributed by atoms with E-state index in [1.807, 2.05) is 24.3 Å². The van der Waals surface area contributed by atoms with Crippen molar-refractivity contribution in [3.8, 4) is 0 Å². The molecule has 19 heavy (non-hydrogen) atoms. The van der Waals surface area contributed by atoms with Gasteiger partial charge in [0.15, 0.2) is 5.92 Å². The van der Waals surface area contributed by atoms with Gasteiger partial charge in [0, 0.05) is 11.6 Å². The van der Waals surface area contributed by atoms with Gasteiger partial charge in [0.25, 0.3) is 0 Å². The van der Waals surface area contributed by atoms with Gasteiger partial charge in [-0.1, -0.05) is 18.2 Å². The summed E-state index contributed by atoms with van der Waals surface area (Å²) >= 11 is 0. The molecule has 1 atom stereocenters. The van der Waals surface area contributed by atoms with E-state index in [-0.39, 0.29) is 6.42 Å². The number of aliphatic carboxylic acids is 1. The van der Waals surface area contributed by atoms with Gasteiger partial charge in [0.05, 0.1) is 12.6 Å². The van der Waals surface area contributed by atoms with Gasteiger partial charge in [-0.3, -0.25) is 14.6 Å². The van der Waals surface area contributed by atoms with Crippen LogP contribution in [0.4, 0.5) is 0 Å². The maximum Gasteiger partial charge on any atom is 0.320 e. The van der Waals surface area contributed by atoms with Gasteiger partial charge in [-0.25, -0.2) is 0 Å². The number of esters is 1. The van der Waals surface area contributed by atoms with E-state index < -0.39 is 17.9 Å². The minimum Gasteiger partial charge on any atom is -0.481 e. The lowest BCUT2D eigenvalue weighted by Crippen LogP contribution is -2.27. The summed E-state index contributed by atoms with van der Waals surface area (Å²) in [6.07, 6.45) is 1.69. The number of carbonyl (C=O) groups is 2. The molecule has 2 aromatic rings. The van der Waals surface area contributed by atoms with E-state index in [9.17, 15) is 9.59 Å². The summed E-state index contributed by atoms with van der Waals surface area (Å²) in [5.74, 6) is -3.13. The van der Waals surface area contributed by atoms with Crippen LogP contribution in [0.2, 0.25) is 0 Å². The number of para-hydroxylation sites is 1. The number of aromatic nitrogens is 1. The van der Waals surface area contributed by atoms with Crippen molar-refractivity contribution >= 4 is 22.8 Å². The highest BCUT2D eigenvalue weighted by Crippen LogP contribution is 2.20. The zero-order valence-electron chi connectivity index (χ0n) is 10.4. The van der Waals surface area contributed by atoms with Crippen molar-refractivity contribution in [2.45, 2.75) is 6.42 Å². The van der Waals surface area contributed by atoms with E-state index in [4.69, 9.17) is 5.11 Å². The van der Waals surface area contributed by atoms with Crippen LogP contribution in [0, 0.1) is 5.92 Å². The number of carboxylic acids is 1. The Labute approximate surface area is 109 Å². The highest BCUT2D eigenvalue weighted by atomic mass is 16.5. The Morgan fingerprint density at radius 2 is 2.05 bits per heavy atom. The van der Waals surface area contributed by atoms with E-state index >= 15 is 0 Å². The number of benzene rings is 1. The molecule has 0 amide bonds. The molecule has 0 spiro atoms. The number of fused-ring (bicyclic) bond motifs is 1. The summed E-state index contributed by atoms with van der Waals surface area (Å²) in [4.78, 5) is 26.8. The van der Waals surface area contributed by atoms with E-state index in [0.717, 1.165) is 16.5 Å². The van der Waals surface area contributed by atoms with Crippen LogP contribution in [0.15, 0.2) is 36.5 Å². The minimum atomic E-state index is -1.20. The topological polar surface area (TPSA) is 76.5 Å². The molecule has 5 heteroatoms. The number of carboxylic acid groups (broad SMARTS) is 1. The molecule has 0 aliphatic heterocycles. The lowest BCUT2D eigenvalue weighted by atomic mass is 9.97. The highest BCUT2D eigenvalue weighted by Gasteiger charge is 2.27. The molecule has 0 aliphatic rings. The summed E-state index contributed by atoms with van der Waals surface area (Å²) < 4.78 is 4.52. The van der Waals surface area contributed by atoms with Crippen molar-refractivity contribution in [3.63, 3.8) is 0 Å². The number of ether oxygens (including phenoxy) is 1. The molecule has 0 saturated heterocycles. The molecular formula is C14H13NO4. The maximum atomic E-state index is 11.5. The Morgan fingerprint density at radius 1 is 1.32 bits per heavy atom. The zero-order chi connectivity index (χ0) is 13.8.